The lowest BCUT2D eigenvalue weighted by Gasteiger charge is -2.30. The molecule has 2 fully saturated rings. The Bertz CT molecular complexity index is 494. The van der Waals surface area contributed by atoms with Gasteiger partial charge in [-0.15, -0.1) is 12.4 Å². The molecule has 3 atom stereocenters. The molecule has 2 aliphatic rings. The van der Waals surface area contributed by atoms with Gasteiger partial charge in [0.05, 0.1) is 12.1 Å². The Morgan fingerprint density at radius 3 is 2.78 bits per heavy atom. The molecule has 128 valence electrons. The molecule has 0 radical (unpaired) electrons. The van der Waals surface area contributed by atoms with Crippen molar-refractivity contribution in [2.45, 2.75) is 43.9 Å². The highest BCUT2D eigenvalue weighted by atomic mass is 35.5. The van der Waals surface area contributed by atoms with Crippen molar-refractivity contribution in [1.82, 2.24) is 10.2 Å². The van der Waals surface area contributed by atoms with Crippen LogP contribution in [-0.4, -0.2) is 53.8 Å². The minimum absolute atomic E-state index is 0. The Morgan fingerprint density at radius 2 is 2.09 bits per heavy atom. The number of ether oxygens (including phenoxy) is 1. The third-order valence-electron chi connectivity index (χ3n) is 4.55. The number of carbonyl (C=O) groups is 1. The van der Waals surface area contributed by atoms with Crippen molar-refractivity contribution in [3.63, 3.8) is 0 Å². The minimum Gasteiger partial charge on any atom is -0.491 e. The Kier molecular flexibility index (Phi) is 6.69. The van der Waals surface area contributed by atoms with E-state index in [2.05, 4.69) is 5.32 Å². The van der Waals surface area contributed by atoms with E-state index in [9.17, 15) is 9.90 Å². The molecule has 0 aromatic heterocycles. The van der Waals surface area contributed by atoms with E-state index < -0.39 is 6.10 Å². The second-order valence-corrected chi connectivity index (χ2v) is 6.08. The fraction of sp³-hybridized carbons (Fsp3) is 0.588. The van der Waals surface area contributed by atoms with Crippen molar-refractivity contribution in [2.75, 3.05) is 19.7 Å². The summed E-state index contributed by atoms with van der Waals surface area (Å²) in [7, 11) is 0. The molecule has 2 saturated heterocycles. The van der Waals surface area contributed by atoms with Crippen LogP contribution in [0.3, 0.4) is 0 Å². The molecule has 23 heavy (non-hydrogen) atoms. The Hall–Kier alpha value is -1.30. The third-order valence-corrected chi connectivity index (χ3v) is 4.55. The number of carbonyl (C=O) groups excluding carboxylic acids is 1. The summed E-state index contributed by atoms with van der Waals surface area (Å²) < 4.78 is 5.63. The van der Waals surface area contributed by atoms with Gasteiger partial charge in [0.2, 0.25) is 5.91 Å². The first-order chi connectivity index (χ1) is 10.8. The lowest BCUT2D eigenvalue weighted by atomic mass is 10.1. The normalized spacial score (nSPS) is 25.0. The number of nitrogens with one attached hydrogen (secondary N) is 1. The summed E-state index contributed by atoms with van der Waals surface area (Å²) in [6, 6.07) is 9.27. The lowest BCUT2D eigenvalue weighted by molar-refractivity contribution is -0.136. The molecule has 1 aromatic rings. The standard InChI is InChI=1S/C17H24N2O3.ClH/c20-16(12-22-13-6-2-1-3-7-13)15-9-5-11-19(15)17(21)14-8-4-10-18-14;/h1-3,6-7,14-16,18,20H,4-5,8-12H2;1H/t14-,15+,16?;/m1./s1. The maximum atomic E-state index is 12.5. The summed E-state index contributed by atoms with van der Waals surface area (Å²) in [6.45, 7) is 1.87. The first-order valence-corrected chi connectivity index (χ1v) is 8.15. The molecular weight excluding hydrogens is 316 g/mol. The molecule has 0 saturated carbocycles. The van der Waals surface area contributed by atoms with Gasteiger partial charge in [0.1, 0.15) is 18.5 Å². The molecule has 1 unspecified atom stereocenters. The maximum absolute atomic E-state index is 12.5. The monoisotopic (exact) mass is 340 g/mol. The maximum Gasteiger partial charge on any atom is 0.240 e. The van der Waals surface area contributed by atoms with Gasteiger partial charge < -0.3 is 20.1 Å². The molecule has 0 spiro atoms. The van der Waals surface area contributed by atoms with Gasteiger partial charge in [0, 0.05) is 6.54 Å². The zero-order chi connectivity index (χ0) is 15.4. The minimum atomic E-state index is -0.645. The number of likely N-dealkylation sites (tertiary alicyclic amines) is 1. The van der Waals surface area contributed by atoms with E-state index in [1.54, 1.807) is 0 Å². The van der Waals surface area contributed by atoms with Crippen molar-refractivity contribution >= 4 is 18.3 Å². The average molecular weight is 341 g/mol. The number of rotatable bonds is 5. The lowest BCUT2D eigenvalue weighted by Crippen LogP contribution is -2.50. The van der Waals surface area contributed by atoms with Gasteiger partial charge in [0.15, 0.2) is 0 Å². The highest BCUT2D eigenvalue weighted by molar-refractivity contribution is 5.85. The number of benzene rings is 1. The SMILES string of the molecule is Cl.O=C([C@H]1CCCN1)N1CCC[C@H]1C(O)COc1ccccc1. The van der Waals surface area contributed by atoms with Crippen molar-refractivity contribution in [3.8, 4) is 5.75 Å². The van der Waals surface area contributed by atoms with Crippen molar-refractivity contribution in [3.05, 3.63) is 30.3 Å². The molecule has 1 amide bonds. The summed E-state index contributed by atoms with van der Waals surface area (Å²) in [6.07, 6.45) is 3.10. The van der Waals surface area contributed by atoms with Crippen molar-refractivity contribution in [2.24, 2.45) is 0 Å². The Morgan fingerprint density at radius 1 is 1.30 bits per heavy atom. The zero-order valence-electron chi connectivity index (χ0n) is 13.2. The summed E-state index contributed by atoms with van der Waals surface area (Å²) in [5, 5.41) is 13.7. The van der Waals surface area contributed by atoms with Gasteiger partial charge in [-0.3, -0.25) is 4.79 Å². The molecule has 0 aliphatic carbocycles. The number of aliphatic hydroxyl groups excluding tert-OH is 1. The molecule has 2 heterocycles. The molecule has 0 bridgehead atoms. The Balaban J connectivity index is 0.00000192. The smallest absolute Gasteiger partial charge is 0.240 e. The van der Waals surface area contributed by atoms with E-state index in [0.29, 0.717) is 0 Å². The van der Waals surface area contributed by atoms with Gasteiger partial charge in [-0.25, -0.2) is 0 Å². The van der Waals surface area contributed by atoms with Gasteiger partial charge in [0.25, 0.3) is 0 Å². The van der Waals surface area contributed by atoms with Gasteiger partial charge in [-0.05, 0) is 44.4 Å². The van der Waals surface area contributed by atoms with Crippen LogP contribution in [0, 0.1) is 0 Å². The summed E-state index contributed by atoms with van der Waals surface area (Å²) in [5.74, 6) is 0.883. The van der Waals surface area contributed by atoms with Crippen LogP contribution >= 0.6 is 12.4 Å². The van der Waals surface area contributed by atoms with E-state index in [-0.39, 0.29) is 37.0 Å². The first-order valence-electron chi connectivity index (χ1n) is 8.15. The van der Waals surface area contributed by atoms with Gasteiger partial charge in [-0.1, -0.05) is 18.2 Å². The molecular formula is C17H25ClN2O3. The average Bonchev–Trinajstić information content (AvgIpc) is 3.24. The number of halogens is 1. The first kappa shape index (κ1) is 18.0. The van der Waals surface area contributed by atoms with Crippen LogP contribution in [0.2, 0.25) is 0 Å². The molecule has 2 aliphatic heterocycles. The predicted molar refractivity (Wildman–Crippen MR) is 91.0 cm³/mol. The third kappa shape index (κ3) is 4.37. The second-order valence-electron chi connectivity index (χ2n) is 6.08. The van der Waals surface area contributed by atoms with E-state index in [1.165, 1.54) is 0 Å². The van der Waals surface area contributed by atoms with Crippen LogP contribution in [0.1, 0.15) is 25.7 Å². The van der Waals surface area contributed by atoms with E-state index >= 15 is 0 Å². The van der Waals surface area contributed by atoms with Crippen LogP contribution < -0.4 is 10.1 Å². The molecule has 6 heteroatoms. The van der Waals surface area contributed by atoms with Crippen LogP contribution in [0.25, 0.3) is 0 Å². The highest BCUT2D eigenvalue weighted by Crippen LogP contribution is 2.23. The summed E-state index contributed by atoms with van der Waals surface area (Å²) in [4.78, 5) is 14.4. The highest BCUT2D eigenvalue weighted by Gasteiger charge is 2.37. The largest absolute Gasteiger partial charge is 0.491 e. The van der Waals surface area contributed by atoms with Gasteiger partial charge in [-0.2, -0.15) is 0 Å². The van der Waals surface area contributed by atoms with Crippen LogP contribution in [-0.2, 0) is 4.79 Å². The number of hydrogen-bond acceptors (Lipinski definition) is 4. The van der Waals surface area contributed by atoms with E-state index in [1.807, 2.05) is 35.2 Å². The molecule has 1 aromatic carbocycles. The number of amides is 1. The second kappa shape index (κ2) is 8.52. The topological polar surface area (TPSA) is 61.8 Å². The number of para-hydroxylation sites is 1. The zero-order valence-corrected chi connectivity index (χ0v) is 14.0. The van der Waals surface area contributed by atoms with Crippen molar-refractivity contribution in [1.29, 1.82) is 0 Å². The summed E-state index contributed by atoms with van der Waals surface area (Å²) >= 11 is 0. The van der Waals surface area contributed by atoms with Gasteiger partial charge >= 0.3 is 0 Å². The predicted octanol–water partition coefficient (Wildman–Crippen LogP) is 1.59. The molecule has 3 rings (SSSR count). The fourth-order valence-corrected chi connectivity index (χ4v) is 3.37. The molecule has 5 nitrogen and oxygen atoms in total. The van der Waals surface area contributed by atoms with Crippen LogP contribution in [0.5, 0.6) is 5.75 Å². The number of hydrogen-bond donors (Lipinski definition) is 2. The van der Waals surface area contributed by atoms with Crippen molar-refractivity contribution < 1.29 is 14.6 Å². The summed E-state index contributed by atoms with van der Waals surface area (Å²) in [5.41, 5.74) is 0. The number of aliphatic hydroxyl groups is 1. The van der Waals surface area contributed by atoms with E-state index in [4.69, 9.17) is 4.74 Å². The number of nitrogens with zero attached hydrogens (tertiary/aromatic N) is 1. The van der Waals surface area contributed by atoms with E-state index in [0.717, 1.165) is 44.5 Å². The Labute approximate surface area is 143 Å². The van der Waals surface area contributed by atoms with Crippen LogP contribution in [0.4, 0.5) is 0 Å². The molecule has 2 N–H and O–H groups in total. The quantitative estimate of drug-likeness (QED) is 0.854. The van der Waals surface area contributed by atoms with Crippen LogP contribution in [0.15, 0.2) is 30.3 Å². The fourth-order valence-electron chi connectivity index (χ4n) is 3.37.